The molecule has 3 fully saturated rings. The van der Waals surface area contributed by atoms with E-state index in [0.29, 0.717) is 30.6 Å². The Morgan fingerprint density at radius 1 is 1.11 bits per heavy atom. The molecule has 5 atom stereocenters. The number of aliphatic hydroxyl groups is 1. The Morgan fingerprint density at radius 2 is 1.89 bits per heavy atom. The van der Waals surface area contributed by atoms with Crippen LogP contribution in [0.3, 0.4) is 0 Å². The summed E-state index contributed by atoms with van der Waals surface area (Å²) in [6, 6.07) is 0. The molecule has 3 aliphatic carbocycles. The first-order chi connectivity index (χ1) is 13.3. The fourth-order valence-corrected chi connectivity index (χ4v) is 6.56. The summed E-state index contributed by atoms with van der Waals surface area (Å²) in [4.78, 5) is 12.2. The standard InChI is InChI=1S/C26H42O2/c1-18(2)7-5-8-19(3)23-13-14-24-20(9-6-16-26(23,24)4)10-11-21-17-22(27)12-15-25(21)28/h10-11,18-19,22-24,27H,5-9,12-17H2,1-4H3. The summed E-state index contributed by atoms with van der Waals surface area (Å²) >= 11 is 0. The lowest BCUT2D eigenvalue weighted by atomic mass is 9.60. The molecule has 0 amide bonds. The van der Waals surface area contributed by atoms with Gasteiger partial charge in [-0.15, -0.1) is 0 Å². The molecule has 0 aromatic heterocycles. The van der Waals surface area contributed by atoms with Gasteiger partial charge < -0.3 is 5.11 Å². The summed E-state index contributed by atoms with van der Waals surface area (Å²) in [6.45, 7) is 9.73. The number of carbonyl (C=O) groups excluding carboxylic acids is 1. The summed E-state index contributed by atoms with van der Waals surface area (Å²) in [5, 5.41) is 9.91. The Balaban J connectivity index is 1.70. The molecule has 0 heterocycles. The smallest absolute Gasteiger partial charge is 0.159 e. The number of ketones is 1. The Bertz CT molecular complexity index is 614. The quantitative estimate of drug-likeness (QED) is 0.520. The minimum atomic E-state index is -0.332. The maximum atomic E-state index is 12.2. The highest BCUT2D eigenvalue weighted by atomic mass is 16.3. The third-order valence-electron chi connectivity index (χ3n) is 8.18. The van der Waals surface area contributed by atoms with E-state index in [2.05, 4.69) is 39.8 Å². The number of fused-ring (bicyclic) bond motifs is 1. The van der Waals surface area contributed by atoms with Gasteiger partial charge in [0.15, 0.2) is 5.78 Å². The first-order valence-corrected chi connectivity index (χ1v) is 11.9. The molecule has 3 rings (SSSR count). The fourth-order valence-electron chi connectivity index (χ4n) is 6.56. The van der Waals surface area contributed by atoms with E-state index in [1.54, 1.807) is 5.57 Å². The molecule has 2 nitrogen and oxygen atoms in total. The predicted molar refractivity (Wildman–Crippen MR) is 117 cm³/mol. The Hall–Kier alpha value is -0.890. The van der Waals surface area contributed by atoms with Gasteiger partial charge in [0.2, 0.25) is 0 Å². The summed E-state index contributed by atoms with van der Waals surface area (Å²) < 4.78 is 0. The number of allylic oxidation sites excluding steroid dienone is 3. The van der Waals surface area contributed by atoms with Crippen LogP contribution < -0.4 is 0 Å². The number of aliphatic hydroxyl groups excluding tert-OH is 1. The van der Waals surface area contributed by atoms with Gasteiger partial charge in [-0.2, -0.15) is 0 Å². The van der Waals surface area contributed by atoms with Crippen molar-refractivity contribution >= 4 is 5.78 Å². The van der Waals surface area contributed by atoms with Gasteiger partial charge in [-0.25, -0.2) is 0 Å². The SMILES string of the molecule is CC(C)CCCC(C)C1CCC2C(=CC=C3CC(O)CCC3=O)CCCC21C. The molecule has 158 valence electrons. The molecule has 0 radical (unpaired) electrons. The predicted octanol–water partition coefficient (Wildman–Crippen LogP) is 6.63. The van der Waals surface area contributed by atoms with Gasteiger partial charge in [0.1, 0.15) is 0 Å². The molecule has 3 aliphatic rings. The molecule has 0 aromatic rings. The van der Waals surface area contributed by atoms with E-state index >= 15 is 0 Å². The van der Waals surface area contributed by atoms with Crippen molar-refractivity contribution in [2.75, 3.05) is 0 Å². The number of hydrogen-bond acceptors (Lipinski definition) is 2. The van der Waals surface area contributed by atoms with E-state index in [0.717, 1.165) is 23.3 Å². The summed E-state index contributed by atoms with van der Waals surface area (Å²) in [6.07, 6.45) is 16.3. The highest BCUT2D eigenvalue weighted by molar-refractivity contribution is 5.96. The topological polar surface area (TPSA) is 37.3 Å². The van der Waals surface area contributed by atoms with Crippen molar-refractivity contribution in [2.45, 2.75) is 104 Å². The molecule has 0 bridgehead atoms. The summed E-state index contributed by atoms with van der Waals surface area (Å²) in [7, 11) is 0. The lowest BCUT2D eigenvalue weighted by Crippen LogP contribution is -2.36. The van der Waals surface area contributed by atoms with Crippen molar-refractivity contribution < 1.29 is 9.90 Å². The second-order valence-corrected chi connectivity index (χ2v) is 10.7. The van der Waals surface area contributed by atoms with Crippen LogP contribution in [-0.4, -0.2) is 17.0 Å². The second kappa shape index (κ2) is 9.28. The van der Waals surface area contributed by atoms with E-state index in [1.807, 2.05) is 0 Å². The number of rotatable bonds is 6. The highest BCUT2D eigenvalue weighted by Crippen LogP contribution is 2.59. The molecule has 5 unspecified atom stereocenters. The van der Waals surface area contributed by atoms with Gasteiger partial charge in [-0.3, -0.25) is 4.79 Å². The second-order valence-electron chi connectivity index (χ2n) is 10.7. The van der Waals surface area contributed by atoms with Crippen LogP contribution in [0.2, 0.25) is 0 Å². The van der Waals surface area contributed by atoms with Crippen LogP contribution in [0.1, 0.15) is 98.3 Å². The van der Waals surface area contributed by atoms with Crippen molar-refractivity contribution in [1.82, 2.24) is 0 Å². The molecule has 3 saturated carbocycles. The van der Waals surface area contributed by atoms with Crippen LogP contribution in [-0.2, 0) is 4.79 Å². The molecule has 0 aliphatic heterocycles. The van der Waals surface area contributed by atoms with Crippen LogP contribution in [0.15, 0.2) is 23.3 Å². The highest BCUT2D eigenvalue weighted by Gasteiger charge is 2.50. The van der Waals surface area contributed by atoms with Gasteiger partial charge in [-0.1, -0.05) is 64.7 Å². The normalized spacial score (nSPS) is 37.6. The van der Waals surface area contributed by atoms with E-state index in [1.165, 1.54) is 51.4 Å². The minimum Gasteiger partial charge on any atom is -0.393 e. The zero-order valence-electron chi connectivity index (χ0n) is 18.7. The van der Waals surface area contributed by atoms with Crippen LogP contribution in [0.5, 0.6) is 0 Å². The fraction of sp³-hybridized carbons (Fsp3) is 0.808. The largest absolute Gasteiger partial charge is 0.393 e. The van der Waals surface area contributed by atoms with Crippen molar-refractivity contribution in [1.29, 1.82) is 0 Å². The number of carbonyl (C=O) groups is 1. The summed E-state index contributed by atoms with van der Waals surface area (Å²) in [5.41, 5.74) is 2.86. The van der Waals surface area contributed by atoms with Gasteiger partial charge in [0.25, 0.3) is 0 Å². The van der Waals surface area contributed by atoms with E-state index in [9.17, 15) is 9.90 Å². The lowest BCUT2D eigenvalue weighted by molar-refractivity contribution is -0.117. The maximum absolute atomic E-state index is 12.2. The van der Waals surface area contributed by atoms with Crippen LogP contribution in [0.4, 0.5) is 0 Å². The van der Waals surface area contributed by atoms with Gasteiger partial charge in [0, 0.05) is 12.8 Å². The molecule has 1 N–H and O–H groups in total. The molecule has 0 saturated heterocycles. The van der Waals surface area contributed by atoms with E-state index < -0.39 is 0 Å². The zero-order chi connectivity index (χ0) is 20.3. The maximum Gasteiger partial charge on any atom is 0.159 e. The molecular formula is C26H42O2. The molecule has 0 aromatic carbocycles. The van der Waals surface area contributed by atoms with Crippen molar-refractivity contribution in [3.05, 3.63) is 23.3 Å². The van der Waals surface area contributed by atoms with Crippen molar-refractivity contribution in [2.24, 2.45) is 29.1 Å². The van der Waals surface area contributed by atoms with Crippen LogP contribution >= 0.6 is 0 Å². The monoisotopic (exact) mass is 386 g/mol. The van der Waals surface area contributed by atoms with Gasteiger partial charge >= 0.3 is 0 Å². The third kappa shape index (κ3) is 4.81. The van der Waals surface area contributed by atoms with Crippen LogP contribution in [0, 0.1) is 29.1 Å². The molecular weight excluding hydrogens is 344 g/mol. The van der Waals surface area contributed by atoms with E-state index in [-0.39, 0.29) is 11.9 Å². The van der Waals surface area contributed by atoms with Crippen LogP contribution in [0.25, 0.3) is 0 Å². The lowest BCUT2D eigenvalue weighted by Gasteiger charge is -2.44. The first kappa shape index (κ1) is 21.8. The van der Waals surface area contributed by atoms with Crippen molar-refractivity contribution in [3.63, 3.8) is 0 Å². The average molecular weight is 387 g/mol. The average Bonchev–Trinajstić information content (AvgIpc) is 2.99. The third-order valence-corrected chi connectivity index (χ3v) is 8.18. The summed E-state index contributed by atoms with van der Waals surface area (Å²) in [5.74, 6) is 3.42. The zero-order valence-corrected chi connectivity index (χ0v) is 18.7. The number of hydrogen-bond donors (Lipinski definition) is 1. The Labute approximate surface area is 172 Å². The minimum absolute atomic E-state index is 0.240. The van der Waals surface area contributed by atoms with Crippen molar-refractivity contribution in [3.8, 4) is 0 Å². The van der Waals surface area contributed by atoms with Gasteiger partial charge in [0.05, 0.1) is 6.10 Å². The molecule has 28 heavy (non-hydrogen) atoms. The number of Topliss-reactive ketones (excluding diaryl/α,β-unsaturated/α-hetero) is 1. The molecule has 0 spiro atoms. The first-order valence-electron chi connectivity index (χ1n) is 11.9. The Morgan fingerprint density at radius 3 is 2.64 bits per heavy atom. The van der Waals surface area contributed by atoms with E-state index in [4.69, 9.17) is 0 Å². The molecule has 2 heteroatoms. The van der Waals surface area contributed by atoms with Gasteiger partial charge in [-0.05, 0) is 73.2 Å². The Kier molecular flexibility index (Phi) is 7.23.